The van der Waals surface area contributed by atoms with E-state index in [4.69, 9.17) is 14.5 Å². The molecule has 27 heavy (non-hydrogen) atoms. The molecule has 0 saturated heterocycles. The van der Waals surface area contributed by atoms with Gasteiger partial charge in [-0.2, -0.15) is 0 Å². The van der Waals surface area contributed by atoms with Gasteiger partial charge in [0.2, 0.25) is 5.88 Å². The van der Waals surface area contributed by atoms with Gasteiger partial charge in [0.05, 0.1) is 13.2 Å². The number of pyridine rings is 1. The zero-order chi connectivity index (χ0) is 19.4. The number of rotatable bonds is 10. The Morgan fingerprint density at radius 2 is 2.04 bits per heavy atom. The standard InChI is InChI=1S/C20H36N4O2.HI/c1-7-21-19(24-16(2)10-11-20(3,4)5)23-15-17-9-8-12-22-18(17)26-14-13-25-6;/h8-9,12,16H,7,10-11,13-15H2,1-6H3,(H2,21,23,24);1H. The van der Waals surface area contributed by atoms with Crippen molar-refractivity contribution in [1.29, 1.82) is 0 Å². The van der Waals surface area contributed by atoms with Gasteiger partial charge in [-0.25, -0.2) is 9.98 Å². The molecule has 0 aliphatic rings. The lowest BCUT2D eigenvalue weighted by atomic mass is 9.89. The molecule has 0 bridgehead atoms. The van der Waals surface area contributed by atoms with E-state index >= 15 is 0 Å². The normalized spacial score (nSPS) is 12.9. The average molecular weight is 492 g/mol. The van der Waals surface area contributed by atoms with Crippen LogP contribution in [0.2, 0.25) is 0 Å². The predicted octanol–water partition coefficient (Wildman–Crippen LogP) is 3.99. The summed E-state index contributed by atoms with van der Waals surface area (Å²) in [7, 11) is 1.65. The summed E-state index contributed by atoms with van der Waals surface area (Å²) in [6, 6.07) is 4.25. The fourth-order valence-electron chi connectivity index (χ4n) is 2.34. The Morgan fingerprint density at radius 1 is 1.30 bits per heavy atom. The van der Waals surface area contributed by atoms with E-state index in [0.717, 1.165) is 24.5 Å². The average Bonchev–Trinajstić information content (AvgIpc) is 2.59. The summed E-state index contributed by atoms with van der Waals surface area (Å²) in [6.45, 7) is 13.4. The third-order valence-corrected chi connectivity index (χ3v) is 3.84. The molecular weight excluding hydrogens is 455 g/mol. The van der Waals surface area contributed by atoms with Gasteiger partial charge in [-0.3, -0.25) is 0 Å². The van der Waals surface area contributed by atoms with Crippen molar-refractivity contribution in [3.8, 4) is 5.88 Å². The van der Waals surface area contributed by atoms with Crippen molar-refractivity contribution in [3.63, 3.8) is 0 Å². The summed E-state index contributed by atoms with van der Waals surface area (Å²) >= 11 is 0. The van der Waals surface area contributed by atoms with E-state index < -0.39 is 0 Å². The number of guanidine groups is 1. The van der Waals surface area contributed by atoms with E-state index in [1.54, 1.807) is 13.3 Å². The fourth-order valence-corrected chi connectivity index (χ4v) is 2.34. The molecule has 1 rings (SSSR count). The van der Waals surface area contributed by atoms with Crippen molar-refractivity contribution < 1.29 is 9.47 Å². The van der Waals surface area contributed by atoms with Crippen LogP contribution < -0.4 is 15.4 Å². The minimum atomic E-state index is 0. The lowest BCUT2D eigenvalue weighted by Crippen LogP contribution is -2.42. The number of hydrogen-bond acceptors (Lipinski definition) is 4. The lowest BCUT2D eigenvalue weighted by molar-refractivity contribution is 0.143. The molecule has 1 atom stereocenters. The van der Waals surface area contributed by atoms with E-state index in [2.05, 4.69) is 50.2 Å². The second-order valence-corrected chi connectivity index (χ2v) is 7.65. The van der Waals surface area contributed by atoms with E-state index in [-0.39, 0.29) is 24.0 Å². The second-order valence-electron chi connectivity index (χ2n) is 7.65. The molecule has 0 radical (unpaired) electrons. The molecule has 6 nitrogen and oxygen atoms in total. The van der Waals surface area contributed by atoms with Gasteiger partial charge in [0, 0.05) is 31.5 Å². The zero-order valence-corrected chi connectivity index (χ0v) is 20.0. The monoisotopic (exact) mass is 492 g/mol. The molecule has 2 N–H and O–H groups in total. The first-order valence-corrected chi connectivity index (χ1v) is 9.46. The first-order chi connectivity index (χ1) is 12.4. The summed E-state index contributed by atoms with van der Waals surface area (Å²) in [5.74, 6) is 1.44. The van der Waals surface area contributed by atoms with Crippen molar-refractivity contribution in [2.75, 3.05) is 26.9 Å². The van der Waals surface area contributed by atoms with Gasteiger partial charge in [0.25, 0.3) is 0 Å². The molecule has 0 aliphatic heterocycles. The molecule has 1 heterocycles. The van der Waals surface area contributed by atoms with Crippen LogP contribution in [0.25, 0.3) is 0 Å². The summed E-state index contributed by atoms with van der Waals surface area (Å²) in [4.78, 5) is 9.00. The van der Waals surface area contributed by atoms with Gasteiger partial charge in [0.15, 0.2) is 5.96 Å². The van der Waals surface area contributed by atoms with Crippen molar-refractivity contribution in [2.45, 2.75) is 60.0 Å². The number of methoxy groups -OCH3 is 1. The number of halogens is 1. The maximum Gasteiger partial charge on any atom is 0.218 e. The van der Waals surface area contributed by atoms with Crippen LogP contribution >= 0.6 is 24.0 Å². The van der Waals surface area contributed by atoms with Crippen LogP contribution in [0.1, 0.15) is 53.0 Å². The molecule has 0 spiro atoms. The van der Waals surface area contributed by atoms with Crippen molar-refractivity contribution in [2.24, 2.45) is 10.4 Å². The summed E-state index contributed by atoms with van der Waals surface area (Å²) < 4.78 is 10.7. The summed E-state index contributed by atoms with van der Waals surface area (Å²) in [5, 5.41) is 6.80. The van der Waals surface area contributed by atoms with Crippen LogP contribution in [0.15, 0.2) is 23.3 Å². The smallest absolute Gasteiger partial charge is 0.218 e. The molecule has 0 fully saturated rings. The largest absolute Gasteiger partial charge is 0.475 e. The molecule has 156 valence electrons. The van der Waals surface area contributed by atoms with Crippen LogP contribution in [0, 0.1) is 5.41 Å². The summed E-state index contributed by atoms with van der Waals surface area (Å²) in [6.07, 6.45) is 4.00. The molecule has 1 aromatic rings. The molecule has 0 amide bonds. The molecule has 0 saturated carbocycles. The Kier molecular flexibility index (Phi) is 13.4. The number of aromatic nitrogens is 1. The zero-order valence-electron chi connectivity index (χ0n) is 17.7. The highest BCUT2D eigenvalue weighted by atomic mass is 127. The number of ether oxygens (including phenoxy) is 2. The van der Waals surface area contributed by atoms with E-state index in [9.17, 15) is 0 Å². The second kappa shape index (κ2) is 14.0. The third-order valence-electron chi connectivity index (χ3n) is 3.84. The van der Waals surface area contributed by atoms with Gasteiger partial charge in [-0.15, -0.1) is 24.0 Å². The predicted molar refractivity (Wildman–Crippen MR) is 123 cm³/mol. The van der Waals surface area contributed by atoms with Gasteiger partial charge < -0.3 is 20.1 Å². The Labute approximate surface area is 181 Å². The Balaban J connectivity index is 0.00000676. The number of hydrogen-bond donors (Lipinski definition) is 2. The van der Waals surface area contributed by atoms with E-state index in [0.29, 0.717) is 37.1 Å². The lowest BCUT2D eigenvalue weighted by Gasteiger charge is -2.23. The molecule has 7 heteroatoms. The minimum absolute atomic E-state index is 0. The van der Waals surface area contributed by atoms with E-state index in [1.165, 1.54) is 6.42 Å². The molecule has 1 unspecified atom stereocenters. The third kappa shape index (κ3) is 12.1. The van der Waals surface area contributed by atoms with Gasteiger partial charge >= 0.3 is 0 Å². The van der Waals surface area contributed by atoms with Crippen molar-refractivity contribution in [3.05, 3.63) is 23.9 Å². The van der Waals surface area contributed by atoms with Crippen molar-refractivity contribution >= 4 is 29.9 Å². The first-order valence-electron chi connectivity index (χ1n) is 9.46. The Bertz CT molecular complexity index is 547. The molecule has 0 aromatic carbocycles. The molecule has 1 aromatic heterocycles. The highest BCUT2D eigenvalue weighted by molar-refractivity contribution is 14.0. The van der Waals surface area contributed by atoms with Gasteiger partial charge in [0.1, 0.15) is 6.61 Å². The highest BCUT2D eigenvalue weighted by Gasteiger charge is 2.13. The van der Waals surface area contributed by atoms with Gasteiger partial charge in [-0.1, -0.05) is 26.8 Å². The van der Waals surface area contributed by atoms with Crippen LogP contribution in [0.3, 0.4) is 0 Å². The number of nitrogens with zero attached hydrogens (tertiary/aromatic N) is 2. The van der Waals surface area contributed by atoms with E-state index in [1.807, 2.05) is 12.1 Å². The summed E-state index contributed by atoms with van der Waals surface area (Å²) in [5.41, 5.74) is 1.30. The quantitative estimate of drug-likeness (QED) is 0.224. The van der Waals surface area contributed by atoms with Crippen LogP contribution in [0.5, 0.6) is 5.88 Å². The van der Waals surface area contributed by atoms with Crippen LogP contribution in [0.4, 0.5) is 0 Å². The highest BCUT2D eigenvalue weighted by Crippen LogP contribution is 2.21. The van der Waals surface area contributed by atoms with Crippen LogP contribution in [-0.2, 0) is 11.3 Å². The molecule has 0 aliphatic carbocycles. The van der Waals surface area contributed by atoms with Gasteiger partial charge in [-0.05, 0) is 38.2 Å². The number of nitrogens with one attached hydrogen (secondary N) is 2. The maximum absolute atomic E-state index is 5.68. The Morgan fingerprint density at radius 3 is 2.67 bits per heavy atom. The van der Waals surface area contributed by atoms with Crippen LogP contribution in [-0.4, -0.2) is 43.9 Å². The topological polar surface area (TPSA) is 67.8 Å². The number of aliphatic imine (C=N–C) groups is 1. The molecular formula is C20H37IN4O2. The maximum atomic E-state index is 5.68. The van der Waals surface area contributed by atoms with Crippen molar-refractivity contribution in [1.82, 2.24) is 15.6 Å². The minimum Gasteiger partial charge on any atom is -0.475 e. The SMILES string of the molecule is CCNC(=NCc1cccnc1OCCOC)NC(C)CCC(C)(C)C.I. The Hall–Kier alpha value is -1.09. The first kappa shape index (κ1) is 25.9. The fraction of sp³-hybridized carbons (Fsp3) is 0.700.